The normalized spacial score (nSPS) is 22.0. The minimum atomic E-state index is -0.231. The second-order valence-corrected chi connectivity index (χ2v) is 6.99. The third-order valence-corrected chi connectivity index (χ3v) is 5.34. The monoisotopic (exact) mass is 292 g/mol. The quantitative estimate of drug-likeness (QED) is 0.889. The van der Waals surface area contributed by atoms with E-state index in [2.05, 4.69) is 25.7 Å². The molecule has 2 rings (SSSR count). The number of benzene rings is 1. The molecule has 0 aliphatic carbocycles. The number of halogens is 1. The summed E-state index contributed by atoms with van der Waals surface area (Å²) in [7, 11) is 0. The van der Waals surface area contributed by atoms with Gasteiger partial charge in [0, 0.05) is 18.2 Å². The zero-order chi connectivity index (χ0) is 15.5. The maximum atomic E-state index is 13.8. The van der Waals surface area contributed by atoms with Gasteiger partial charge in [0.05, 0.1) is 0 Å². The molecule has 1 aromatic rings. The summed E-state index contributed by atoms with van der Waals surface area (Å²) in [6, 6.07) is 6.65. The molecule has 2 unspecified atom stereocenters. The van der Waals surface area contributed by atoms with E-state index < -0.39 is 0 Å². The van der Waals surface area contributed by atoms with Crippen LogP contribution >= 0.6 is 0 Å². The molecular weight excluding hydrogens is 263 g/mol. The molecule has 0 aromatic heterocycles. The van der Waals surface area contributed by atoms with Gasteiger partial charge in [0.2, 0.25) is 0 Å². The lowest BCUT2D eigenvalue weighted by Gasteiger charge is -2.40. The lowest BCUT2D eigenvalue weighted by molar-refractivity contribution is 0.0994. The van der Waals surface area contributed by atoms with Crippen molar-refractivity contribution in [3.8, 4) is 0 Å². The molecule has 1 heterocycles. The van der Waals surface area contributed by atoms with Crippen LogP contribution in [0.2, 0.25) is 0 Å². The van der Waals surface area contributed by atoms with E-state index in [4.69, 9.17) is 5.73 Å². The van der Waals surface area contributed by atoms with Gasteiger partial charge in [-0.3, -0.25) is 0 Å². The fraction of sp³-hybridized carbons (Fsp3) is 0.667. The van der Waals surface area contributed by atoms with Crippen molar-refractivity contribution in [1.29, 1.82) is 0 Å². The van der Waals surface area contributed by atoms with Crippen LogP contribution in [0, 0.1) is 17.2 Å². The van der Waals surface area contributed by atoms with Gasteiger partial charge in [0.25, 0.3) is 0 Å². The Morgan fingerprint density at radius 3 is 2.48 bits per heavy atom. The van der Waals surface area contributed by atoms with Gasteiger partial charge in [-0.05, 0) is 43.3 Å². The van der Waals surface area contributed by atoms with E-state index in [-0.39, 0.29) is 17.8 Å². The van der Waals surface area contributed by atoms with Crippen LogP contribution in [0.25, 0.3) is 0 Å². The Morgan fingerprint density at radius 2 is 1.90 bits per heavy atom. The summed E-state index contributed by atoms with van der Waals surface area (Å²) in [4.78, 5) is 2.49. The number of hydrogen-bond acceptors (Lipinski definition) is 2. The highest BCUT2D eigenvalue weighted by molar-refractivity contribution is 5.21. The van der Waals surface area contributed by atoms with Gasteiger partial charge in [-0.2, -0.15) is 0 Å². The number of rotatable bonds is 5. The van der Waals surface area contributed by atoms with Gasteiger partial charge in [-0.1, -0.05) is 45.4 Å². The Balaban J connectivity index is 1.90. The van der Waals surface area contributed by atoms with Crippen molar-refractivity contribution in [3.63, 3.8) is 0 Å². The van der Waals surface area contributed by atoms with Gasteiger partial charge in [0.15, 0.2) is 0 Å². The van der Waals surface area contributed by atoms with Crippen molar-refractivity contribution in [1.82, 2.24) is 4.90 Å². The van der Waals surface area contributed by atoms with Gasteiger partial charge in [0.1, 0.15) is 5.82 Å². The predicted octanol–water partition coefficient (Wildman–Crippen LogP) is 3.97. The molecule has 0 spiro atoms. The maximum absolute atomic E-state index is 13.8. The predicted molar refractivity (Wildman–Crippen MR) is 86.6 cm³/mol. The van der Waals surface area contributed by atoms with Crippen LogP contribution in [0.5, 0.6) is 0 Å². The second-order valence-electron chi connectivity index (χ2n) is 6.99. The molecule has 0 bridgehead atoms. The van der Waals surface area contributed by atoms with Crippen molar-refractivity contribution in [2.75, 3.05) is 19.6 Å². The molecular formula is C18H29FN2. The molecule has 1 aliphatic heterocycles. The minimum Gasteiger partial charge on any atom is -0.324 e. The number of nitrogens with zero attached hydrogens (tertiary/aromatic N) is 1. The molecule has 2 nitrogen and oxygen atoms in total. The zero-order valence-corrected chi connectivity index (χ0v) is 13.6. The molecule has 118 valence electrons. The SMILES string of the molecule is CCC1(C)CCN(CC(C)C(N)c2ccccc2F)CC1. The maximum Gasteiger partial charge on any atom is 0.127 e. The minimum absolute atomic E-state index is 0.186. The van der Waals surface area contributed by atoms with Crippen LogP contribution in [0.15, 0.2) is 24.3 Å². The summed E-state index contributed by atoms with van der Waals surface area (Å²) in [5.74, 6) is 0.0712. The fourth-order valence-corrected chi connectivity index (χ4v) is 3.20. The van der Waals surface area contributed by atoms with Crippen molar-refractivity contribution in [3.05, 3.63) is 35.6 Å². The van der Waals surface area contributed by atoms with E-state index in [9.17, 15) is 4.39 Å². The summed E-state index contributed by atoms with van der Waals surface area (Å²) in [5, 5.41) is 0. The van der Waals surface area contributed by atoms with Gasteiger partial charge in [-0.15, -0.1) is 0 Å². The molecule has 2 atom stereocenters. The first-order valence-electron chi connectivity index (χ1n) is 8.17. The topological polar surface area (TPSA) is 29.3 Å². The van der Waals surface area contributed by atoms with E-state index >= 15 is 0 Å². The van der Waals surface area contributed by atoms with E-state index in [0.29, 0.717) is 11.0 Å². The number of hydrogen-bond donors (Lipinski definition) is 1. The van der Waals surface area contributed by atoms with Crippen molar-refractivity contribution < 1.29 is 4.39 Å². The molecule has 1 fully saturated rings. The molecule has 0 radical (unpaired) electrons. The van der Waals surface area contributed by atoms with Crippen LogP contribution in [-0.4, -0.2) is 24.5 Å². The molecule has 0 amide bonds. The average molecular weight is 292 g/mol. The third-order valence-electron chi connectivity index (χ3n) is 5.34. The molecule has 1 aliphatic rings. The highest BCUT2D eigenvalue weighted by Crippen LogP contribution is 2.34. The van der Waals surface area contributed by atoms with E-state index in [0.717, 1.165) is 19.6 Å². The standard InChI is InChI=1S/C18H29FN2/c1-4-18(3)9-11-21(12-10-18)13-14(2)17(20)15-7-5-6-8-16(15)19/h5-8,14,17H,4,9-13,20H2,1-3H3. The average Bonchev–Trinajstić information content (AvgIpc) is 2.49. The Kier molecular flexibility index (Phi) is 5.39. The highest BCUT2D eigenvalue weighted by Gasteiger charge is 2.29. The van der Waals surface area contributed by atoms with Gasteiger partial charge in [-0.25, -0.2) is 4.39 Å². The van der Waals surface area contributed by atoms with Crippen LogP contribution in [0.4, 0.5) is 4.39 Å². The summed E-state index contributed by atoms with van der Waals surface area (Å²) < 4.78 is 13.8. The number of piperidine rings is 1. The van der Waals surface area contributed by atoms with E-state index in [1.54, 1.807) is 12.1 Å². The van der Waals surface area contributed by atoms with Crippen LogP contribution in [0.3, 0.4) is 0 Å². The Hall–Kier alpha value is -0.930. The lowest BCUT2D eigenvalue weighted by atomic mass is 9.78. The van der Waals surface area contributed by atoms with Crippen molar-refractivity contribution in [2.45, 2.75) is 46.1 Å². The summed E-state index contributed by atoms with van der Waals surface area (Å²) in [5.41, 5.74) is 7.42. The molecule has 2 N–H and O–H groups in total. The molecule has 3 heteroatoms. The van der Waals surface area contributed by atoms with Crippen LogP contribution in [0.1, 0.15) is 51.6 Å². The molecule has 21 heavy (non-hydrogen) atoms. The summed E-state index contributed by atoms with van der Waals surface area (Å²) >= 11 is 0. The van der Waals surface area contributed by atoms with E-state index in [1.807, 2.05) is 6.07 Å². The smallest absolute Gasteiger partial charge is 0.127 e. The van der Waals surface area contributed by atoms with Crippen molar-refractivity contribution >= 4 is 0 Å². The zero-order valence-electron chi connectivity index (χ0n) is 13.6. The van der Waals surface area contributed by atoms with E-state index in [1.165, 1.54) is 25.3 Å². The number of nitrogens with two attached hydrogens (primary N) is 1. The summed E-state index contributed by atoms with van der Waals surface area (Å²) in [6.45, 7) is 10.0. The first-order chi connectivity index (χ1) is 9.95. The summed E-state index contributed by atoms with van der Waals surface area (Å²) in [6.07, 6.45) is 3.77. The number of likely N-dealkylation sites (tertiary alicyclic amines) is 1. The van der Waals surface area contributed by atoms with Crippen molar-refractivity contribution in [2.24, 2.45) is 17.1 Å². The molecule has 1 aromatic carbocycles. The van der Waals surface area contributed by atoms with Gasteiger partial charge >= 0.3 is 0 Å². The first-order valence-corrected chi connectivity index (χ1v) is 8.17. The first kappa shape index (κ1) is 16.4. The Labute approximate surface area is 128 Å². The Morgan fingerprint density at radius 1 is 1.29 bits per heavy atom. The third kappa shape index (κ3) is 4.04. The van der Waals surface area contributed by atoms with Crippen LogP contribution < -0.4 is 5.73 Å². The second kappa shape index (κ2) is 6.89. The van der Waals surface area contributed by atoms with Crippen LogP contribution in [-0.2, 0) is 0 Å². The molecule has 0 saturated carbocycles. The highest BCUT2D eigenvalue weighted by atomic mass is 19.1. The fourth-order valence-electron chi connectivity index (χ4n) is 3.20. The molecule has 1 saturated heterocycles. The van der Waals surface area contributed by atoms with Gasteiger partial charge < -0.3 is 10.6 Å². The largest absolute Gasteiger partial charge is 0.324 e. The lowest BCUT2D eigenvalue weighted by Crippen LogP contribution is -2.42. The Bertz CT molecular complexity index is 452.